The highest BCUT2D eigenvalue weighted by atomic mass is 14.2. The van der Waals surface area contributed by atoms with Crippen molar-refractivity contribution in [2.75, 3.05) is 0 Å². The van der Waals surface area contributed by atoms with Crippen LogP contribution in [0.4, 0.5) is 0 Å². The van der Waals surface area contributed by atoms with Gasteiger partial charge in [-0.3, -0.25) is 0 Å². The lowest BCUT2D eigenvalue weighted by atomic mass is 9.82. The van der Waals surface area contributed by atoms with Crippen molar-refractivity contribution in [2.24, 2.45) is 0 Å². The zero-order chi connectivity index (χ0) is 19.7. The van der Waals surface area contributed by atoms with Crippen molar-refractivity contribution in [1.82, 2.24) is 0 Å². The van der Waals surface area contributed by atoms with Crippen LogP contribution in [0.15, 0.2) is 84.9 Å². The molecule has 138 valence electrons. The summed E-state index contributed by atoms with van der Waals surface area (Å²) in [6.45, 7) is 8.87. The third-order valence-electron chi connectivity index (χ3n) is 5.63. The smallest absolute Gasteiger partial charge is 0.00213 e. The molecule has 0 saturated carbocycles. The Morgan fingerprint density at radius 1 is 0.357 bits per heavy atom. The summed E-state index contributed by atoms with van der Waals surface area (Å²) in [5.74, 6) is 0. The van der Waals surface area contributed by atoms with Crippen molar-refractivity contribution in [3.05, 3.63) is 107 Å². The first-order valence-corrected chi connectivity index (χ1v) is 9.89. The molecular formula is C28H26. The van der Waals surface area contributed by atoms with Gasteiger partial charge in [-0.25, -0.2) is 0 Å². The number of rotatable bonds is 3. The predicted molar refractivity (Wildman–Crippen MR) is 122 cm³/mol. The van der Waals surface area contributed by atoms with Crippen LogP contribution in [0.5, 0.6) is 0 Å². The largest absolute Gasteiger partial charge is 0.0622 e. The number of hydrogen-bond acceptors (Lipinski definition) is 0. The summed E-state index contributed by atoms with van der Waals surface area (Å²) in [6.07, 6.45) is 0. The summed E-state index contributed by atoms with van der Waals surface area (Å²) in [4.78, 5) is 0. The normalized spacial score (nSPS) is 10.9. The molecule has 28 heavy (non-hydrogen) atoms. The van der Waals surface area contributed by atoms with E-state index in [0.29, 0.717) is 0 Å². The van der Waals surface area contributed by atoms with Crippen molar-refractivity contribution in [2.45, 2.75) is 27.7 Å². The van der Waals surface area contributed by atoms with E-state index in [2.05, 4.69) is 113 Å². The van der Waals surface area contributed by atoms with Crippen molar-refractivity contribution >= 4 is 0 Å². The summed E-state index contributed by atoms with van der Waals surface area (Å²) in [5.41, 5.74) is 13.2. The molecule has 0 fully saturated rings. The lowest BCUT2D eigenvalue weighted by molar-refractivity contribution is 1.35. The van der Waals surface area contributed by atoms with Crippen LogP contribution in [0.2, 0.25) is 0 Å². The first-order chi connectivity index (χ1) is 13.6. The highest BCUT2D eigenvalue weighted by Crippen LogP contribution is 2.44. The van der Waals surface area contributed by atoms with E-state index in [1.165, 1.54) is 55.6 Å². The maximum atomic E-state index is 2.28. The lowest BCUT2D eigenvalue weighted by Crippen LogP contribution is -1.97. The van der Waals surface area contributed by atoms with Gasteiger partial charge in [0.25, 0.3) is 0 Å². The zero-order valence-electron chi connectivity index (χ0n) is 17.1. The molecule has 0 N–H and O–H groups in total. The van der Waals surface area contributed by atoms with Crippen LogP contribution >= 0.6 is 0 Å². The minimum atomic E-state index is 1.26. The average Bonchev–Trinajstić information content (AvgIpc) is 2.69. The zero-order valence-corrected chi connectivity index (χ0v) is 17.1. The van der Waals surface area contributed by atoms with Gasteiger partial charge in [0, 0.05) is 0 Å². The van der Waals surface area contributed by atoms with E-state index in [-0.39, 0.29) is 0 Å². The van der Waals surface area contributed by atoms with Gasteiger partial charge in [0.1, 0.15) is 0 Å². The Kier molecular flexibility index (Phi) is 4.88. The maximum absolute atomic E-state index is 2.28. The molecule has 0 aliphatic carbocycles. The van der Waals surface area contributed by atoms with Crippen LogP contribution in [0.1, 0.15) is 22.3 Å². The SMILES string of the molecule is Cc1cccc(C)c1-c1cccc(-c2ccccc2)c1-c1c(C)cccc1C. The molecule has 0 nitrogen and oxygen atoms in total. The van der Waals surface area contributed by atoms with Gasteiger partial charge in [0.05, 0.1) is 0 Å². The maximum Gasteiger partial charge on any atom is -0.00213 e. The fraction of sp³-hybridized carbons (Fsp3) is 0.143. The molecule has 0 heteroatoms. The third kappa shape index (κ3) is 3.16. The Morgan fingerprint density at radius 3 is 1.39 bits per heavy atom. The summed E-state index contributed by atoms with van der Waals surface area (Å²) in [7, 11) is 0. The molecule has 0 atom stereocenters. The average molecular weight is 363 g/mol. The van der Waals surface area contributed by atoms with Crippen LogP contribution < -0.4 is 0 Å². The number of aryl methyl sites for hydroxylation is 4. The molecule has 0 heterocycles. The first-order valence-electron chi connectivity index (χ1n) is 9.89. The number of benzene rings is 4. The van der Waals surface area contributed by atoms with Gasteiger partial charge in [-0.15, -0.1) is 0 Å². The monoisotopic (exact) mass is 362 g/mol. The Morgan fingerprint density at radius 2 is 0.821 bits per heavy atom. The molecule has 0 spiro atoms. The predicted octanol–water partition coefficient (Wildman–Crippen LogP) is 7.92. The van der Waals surface area contributed by atoms with Gasteiger partial charge < -0.3 is 0 Å². The van der Waals surface area contributed by atoms with Gasteiger partial charge >= 0.3 is 0 Å². The molecule has 4 rings (SSSR count). The van der Waals surface area contributed by atoms with Crippen LogP contribution in [0.25, 0.3) is 33.4 Å². The van der Waals surface area contributed by atoms with Crippen molar-refractivity contribution in [3.63, 3.8) is 0 Å². The fourth-order valence-corrected chi connectivity index (χ4v) is 4.34. The van der Waals surface area contributed by atoms with E-state index in [0.717, 1.165) is 0 Å². The molecule has 4 aromatic rings. The minimum Gasteiger partial charge on any atom is -0.0622 e. The van der Waals surface area contributed by atoms with Gasteiger partial charge in [-0.2, -0.15) is 0 Å². The standard InChI is InChI=1S/C28H26/c1-19-11-8-12-20(2)26(19)25-18-10-17-24(23-15-6-5-7-16-23)28(25)27-21(3)13-9-14-22(27)4/h5-18H,1-4H3. The van der Waals surface area contributed by atoms with Crippen molar-refractivity contribution < 1.29 is 0 Å². The molecule has 4 aromatic carbocycles. The molecule has 0 unspecified atom stereocenters. The van der Waals surface area contributed by atoms with Crippen molar-refractivity contribution in [1.29, 1.82) is 0 Å². The highest BCUT2D eigenvalue weighted by molar-refractivity contribution is 5.97. The fourth-order valence-electron chi connectivity index (χ4n) is 4.34. The Hall–Kier alpha value is -3.12. The highest BCUT2D eigenvalue weighted by Gasteiger charge is 2.19. The van der Waals surface area contributed by atoms with E-state index >= 15 is 0 Å². The van der Waals surface area contributed by atoms with Crippen LogP contribution in [0, 0.1) is 27.7 Å². The van der Waals surface area contributed by atoms with E-state index in [1.807, 2.05) is 0 Å². The Bertz CT molecular complexity index is 1090. The van der Waals surface area contributed by atoms with Gasteiger partial charge in [-0.1, -0.05) is 84.9 Å². The molecule has 0 saturated heterocycles. The van der Waals surface area contributed by atoms with E-state index < -0.39 is 0 Å². The van der Waals surface area contributed by atoms with Crippen LogP contribution in [-0.2, 0) is 0 Å². The second-order valence-electron chi connectivity index (χ2n) is 7.63. The molecule has 0 aromatic heterocycles. The van der Waals surface area contributed by atoms with E-state index in [1.54, 1.807) is 0 Å². The van der Waals surface area contributed by atoms with Crippen LogP contribution in [0.3, 0.4) is 0 Å². The summed E-state index contributed by atoms with van der Waals surface area (Å²) in [6, 6.07) is 30.6. The quantitative estimate of drug-likeness (QED) is 0.347. The van der Waals surface area contributed by atoms with Crippen molar-refractivity contribution in [3.8, 4) is 33.4 Å². The summed E-state index contributed by atoms with van der Waals surface area (Å²) < 4.78 is 0. The summed E-state index contributed by atoms with van der Waals surface area (Å²) >= 11 is 0. The van der Waals surface area contributed by atoms with Crippen LogP contribution in [-0.4, -0.2) is 0 Å². The Balaban J connectivity index is 2.15. The second kappa shape index (κ2) is 7.48. The first kappa shape index (κ1) is 18.3. The molecule has 0 radical (unpaired) electrons. The lowest BCUT2D eigenvalue weighted by Gasteiger charge is -2.21. The Labute approximate surface area is 168 Å². The summed E-state index contributed by atoms with van der Waals surface area (Å²) in [5, 5.41) is 0. The molecular weight excluding hydrogens is 336 g/mol. The molecule has 0 aliphatic rings. The molecule has 0 bridgehead atoms. The van der Waals surface area contributed by atoms with E-state index in [9.17, 15) is 0 Å². The minimum absolute atomic E-state index is 1.26. The van der Waals surface area contributed by atoms with Gasteiger partial charge in [0.2, 0.25) is 0 Å². The topological polar surface area (TPSA) is 0 Å². The molecule has 0 amide bonds. The van der Waals surface area contributed by atoms with E-state index in [4.69, 9.17) is 0 Å². The third-order valence-corrected chi connectivity index (χ3v) is 5.63. The van der Waals surface area contributed by atoms with Gasteiger partial charge in [-0.05, 0) is 83.3 Å². The second-order valence-corrected chi connectivity index (χ2v) is 7.63. The molecule has 0 aliphatic heterocycles. The number of hydrogen-bond donors (Lipinski definition) is 0. The van der Waals surface area contributed by atoms with Gasteiger partial charge in [0.15, 0.2) is 0 Å².